The molecule has 4 nitrogen and oxygen atoms in total. The van der Waals surface area contributed by atoms with Gasteiger partial charge in [-0.15, -0.1) is 0 Å². The predicted octanol–water partition coefficient (Wildman–Crippen LogP) is 0.741. The third-order valence-electron chi connectivity index (χ3n) is 1.84. The molecule has 1 aromatic rings. The van der Waals surface area contributed by atoms with Gasteiger partial charge in [-0.1, -0.05) is 0 Å². The van der Waals surface area contributed by atoms with E-state index in [2.05, 4.69) is 5.10 Å². The average molecular weight is 178 g/mol. The van der Waals surface area contributed by atoms with Crippen molar-refractivity contribution in [2.24, 2.45) is 5.73 Å². The molecule has 1 atom stereocenters. The van der Waals surface area contributed by atoms with Crippen molar-refractivity contribution >= 4 is 0 Å². The van der Waals surface area contributed by atoms with Crippen molar-refractivity contribution in [2.45, 2.75) is 32.9 Å². The largest absolute Gasteiger partial charge is 0.312 e. The summed E-state index contributed by atoms with van der Waals surface area (Å²) < 4.78 is 1.76. The molecule has 1 unspecified atom stereocenters. The minimum atomic E-state index is -0.844. The van der Waals surface area contributed by atoms with Gasteiger partial charge in [0.15, 0.2) is 0 Å². The normalized spacial score (nSPS) is 15.0. The van der Waals surface area contributed by atoms with Crippen molar-refractivity contribution in [3.05, 3.63) is 17.5 Å². The summed E-state index contributed by atoms with van der Waals surface area (Å²) in [4.78, 5) is 0. The Labute approximate surface area is 78.0 Å². The Morgan fingerprint density at radius 3 is 2.69 bits per heavy atom. The maximum atomic E-state index is 8.74. The Bertz CT molecular complexity index is 343. The molecule has 2 N–H and O–H groups in total. The van der Waals surface area contributed by atoms with Gasteiger partial charge in [0.2, 0.25) is 0 Å². The highest BCUT2D eigenvalue weighted by molar-refractivity contribution is 5.09. The summed E-state index contributed by atoms with van der Waals surface area (Å²) in [6.07, 6.45) is 0. The quantitative estimate of drug-likeness (QED) is 0.726. The third kappa shape index (κ3) is 2.30. The van der Waals surface area contributed by atoms with Gasteiger partial charge >= 0.3 is 0 Å². The van der Waals surface area contributed by atoms with Gasteiger partial charge in [0.1, 0.15) is 5.54 Å². The molecule has 0 saturated heterocycles. The van der Waals surface area contributed by atoms with E-state index in [9.17, 15) is 0 Å². The number of nitriles is 1. The molecule has 0 fully saturated rings. The molecule has 70 valence electrons. The van der Waals surface area contributed by atoms with Crippen LogP contribution in [-0.4, -0.2) is 15.3 Å². The van der Waals surface area contributed by atoms with Crippen molar-refractivity contribution in [1.82, 2.24) is 9.78 Å². The summed E-state index contributed by atoms with van der Waals surface area (Å²) in [5, 5.41) is 13.0. The molecule has 13 heavy (non-hydrogen) atoms. The predicted molar refractivity (Wildman–Crippen MR) is 49.9 cm³/mol. The first-order chi connectivity index (χ1) is 5.94. The Morgan fingerprint density at radius 2 is 2.31 bits per heavy atom. The van der Waals surface area contributed by atoms with E-state index in [0.717, 1.165) is 11.4 Å². The molecule has 1 aromatic heterocycles. The molecule has 0 radical (unpaired) electrons. The van der Waals surface area contributed by atoms with Crippen LogP contribution in [0.25, 0.3) is 0 Å². The highest BCUT2D eigenvalue weighted by Gasteiger charge is 2.19. The molecule has 1 rings (SSSR count). The number of aryl methyl sites for hydroxylation is 2. The van der Waals surface area contributed by atoms with Crippen LogP contribution in [0.2, 0.25) is 0 Å². The number of hydrogen-bond donors (Lipinski definition) is 1. The van der Waals surface area contributed by atoms with Crippen LogP contribution in [0, 0.1) is 25.2 Å². The van der Waals surface area contributed by atoms with E-state index in [-0.39, 0.29) is 0 Å². The van der Waals surface area contributed by atoms with Crippen LogP contribution in [-0.2, 0) is 6.54 Å². The summed E-state index contributed by atoms with van der Waals surface area (Å²) in [5.74, 6) is 0. The van der Waals surface area contributed by atoms with Crippen molar-refractivity contribution in [1.29, 1.82) is 5.26 Å². The Morgan fingerprint density at radius 1 is 1.69 bits per heavy atom. The monoisotopic (exact) mass is 178 g/mol. The van der Waals surface area contributed by atoms with E-state index < -0.39 is 5.54 Å². The van der Waals surface area contributed by atoms with Gasteiger partial charge < -0.3 is 5.73 Å². The van der Waals surface area contributed by atoms with Crippen LogP contribution in [0.15, 0.2) is 6.07 Å². The average Bonchev–Trinajstić information content (AvgIpc) is 2.30. The smallest absolute Gasteiger partial charge is 0.121 e. The van der Waals surface area contributed by atoms with Gasteiger partial charge in [-0.2, -0.15) is 10.4 Å². The molecule has 0 aliphatic heterocycles. The van der Waals surface area contributed by atoms with Gasteiger partial charge in [-0.25, -0.2) is 0 Å². The lowest BCUT2D eigenvalue weighted by molar-refractivity contribution is 0.451. The highest BCUT2D eigenvalue weighted by Crippen LogP contribution is 2.06. The topological polar surface area (TPSA) is 67.6 Å². The molecule has 0 aliphatic carbocycles. The molecule has 0 bridgehead atoms. The van der Waals surface area contributed by atoms with Crippen molar-refractivity contribution in [3.8, 4) is 6.07 Å². The first-order valence-electron chi connectivity index (χ1n) is 4.16. The van der Waals surface area contributed by atoms with Gasteiger partial charge in [-0.3, -0.25) is 4.68 Å². The van der Waals surface area contributed by atoms with Crippen LogP contribution in [0.1, 0.15) is 18.3 Å². The summed E-state index contributed by atoms with van der Waals surface area (Å²) in [7, 11) is 0. The van der Waals surface area contributed by atoms with Gasteiger partial charge in [0, 0.05) is 5.69 Å². The third-order valence-corrected chi connectivity index (χ3v) is 1.84. The van der Waals surface area contributed by atoms with Crippen LogP contribution in [0.5, 0.6) is 0 Å². The molecule has 0 amide bonds. The second-order valence-electron chi connectivity index (χ2n) is 3.61. The molecular formula is C9H14N4. The lowest BCUT2D eigenvalue weighted by atomic mass is 10.1. The van der Waals surface area contributed by atoms with Crippen LogP contribution in [0.4, 0.5) is 0 Å². The first kappa shape index (κ1) is 9.75. The van der Waals surface area contributed by atoms with Crippen molar-refractivity contribution < 1.29 is 0 Å². The van der Waals surface area contributed by atoms with Crippen LogP contribution >= 0.6 is 0 Å². The number of aromatic nitrogens is 2. The van der Waals surface area contributed by atoms with Gasteiger partial charge in [-0.05, 0) is 26.8 Å². The summed E-state index contributed by atoms with van der Waals surface area (Å²) in [6.45, 7) is 6.00. The van der Waals surface area contributed by atoms with E-state index in [1.807, 2.05) is 26.0 Å². The Kier molecular flexibility index (Phi) is 2.39. The van der Waals surface area contributed by atoms with Gasteiger partial charge in [0.05, 0.1) is 18.3 Å². The number of rotatable bonds is 2. The second-order valence-corrected chi connectivity index (χ2v) is 3.61. The first-order valence-corrected chi connectivity index (χ1v) is 4.16. The summed E-state index contributed by atoms with van der Waals surface area (Å²) in [5.41, 5.74) is 6.84. The lowest BCUT2D eigenvalue weighted by Gasteiger charge is -2.15. The molecule has 0 saturated carbocycles. The summed E-state index contributed by atoms with van der Waals surface area (Å²) >= 11 is 0. The fourth-order valence-corrected chi connectivity index (χ4v) is 1.18. The zero-order valence-corrected chi connectivity index (χ0v) is 8.20. The van der Waals surface area contributed by atoms with E-state index in [1.165, 1.54) is 0 Å². The minimum absolute atomic E-state index is 0.434. The highest BCUT2D eigenvalue weighted by atomic mass is 15.3. The molecule has 4 heteroatoms. The number of nitrogens with zero attached hydrogens (tertiary/aromatic N) is 3. The van der Waals surface area contributed by atoms with Crippen molar-refractivity contribution in [3.63, 3.8) is 0 Å². The zero-order valence-electron chi connectivity index (χ0n) is 8.20. The number of hydrogen-bond acceptors (Lipinski definition) is 3. The van der Waals surface area contributed by atoms with E-state index in [0.29, 0.717) is 6.54 Å². The fraction of sp³-hybridized carbons (Fsp3) is 0.556. The fourth-order valence-electron chi connectivity index (χ4n) is 1.18. The van der Waals surface area contributed by atoms with Crippen LogP contribution in [0.3, 0.4) is 0 Å². The Balaban J connectivity index is 2.87. The summed E-state index contributed by atoms with van der Waals surface area (Å²) in [6, 6.07) is 4.01. The van der Waals surface area contributed by atoms with E-state index in [4.69, 9.17) is 11.0 Å². The maximum absolute atomic E-state index is 8.74. The second kappa shape index (κ2) is 3.19. The molecule has 1 heterocycles. The van der Waals surface area contributed by atoms with Crippen LogP contribution < -0.4 is 5.73 Å². The number of nitrogens with two attached hydrogens (primary N) is 1. The van der Waals surface area contributed by atoms with E-state index >= 15 is 0 Å². The Hall–Kier alpha value is -1.34. The van der Waals surface area contributed by atoms with Gasteiger partial charge in [0.25, 0.3) is 0 Å². The molecular weight excluding hydrogens is 164 g/mol. The molecule has 0 aliphatic rings. The van der Waals surface area contributed by atoms with Crippen molar-refractivity contribution in [2.75, 3.05) is 0 Å². The SMILES string of the molecule is Cc1cc(C)n(CC(C)(N)C#N)n1. The zero-order chi connectivity index (χ0) is 10.1. The maximum Gasteiger partial charge on any atom is 0.121 e. The standard InChI is InChI=1S/C9H14N4/c1-7-4-8(2)13(12-7)6-9(3,11)5-10/h4H,6,11H2,1-3H3. The molecule has 0 aromatic carbocycles. The van der Waals surface area contributed by atoms with E-state index in [1.54, 1.807) is 11.6 Å². The minimum Gasteiger partial charge on any atom is -0.312 e. The lowest BCUT2D eigenvalue weighted by Crippen LogP contribution is -2.39. The molecule has 0 spiro atoms.